The Morgan fingerprint density at radius 1 is 0.921 bits per heavy atom. The van der Waals surface area contributed by atoms with Gasteiger partial charge in [0.1, 0.15) is 0 Å². The number of fused-ring (bicyclic) bond motifs is 1. The van der Waals surface area contributed by atoms with E-state index in [-0.39, 0.29) is 31.1 Å². The predicted octanol–water partition coefficient (Wildman–Crippen LogP) is 6.75. The van der Waals surface area contributed by atoms with Gasteiger partial charge in [-0.25, -0.2) is 8.42 Å². The van der Waals surface area contributed by atoms with E-state index in [0.29, 0.717) is 11.6 Å². The lowest BCUT2D eigenvalue weighted by Gasteiger charge is -2.55. The molecule has 3 aromatic rings. The molecule has 0 amide bonds. The van der Waals surface area contributed by atoms with Gasteiger partial charge >= 0.3 is 6.18 Å². The number of sulfonamides is 1. The molecule has 200 valence electrons. The number of benzene rings is 3. The average molecular weight is 561 g/mol. The molecule has 0 spiro atoms. The molecule has 1 fully saturated rings. The Balaban J connectivity index is 1.45. The lowest BCUT2D eigenvalue weighted by atomic mass is 9.75. The molecule has 0 bridgehead atoms. The maximum absolute atomic E-state index is 13.7. The number of rotatable bonds is 4. The molecule has 0 N–H and O–H groups in total. The molecule has 0 saturated carbocycles. The van der Waals surface area contributed by atoms with E-state index in [1.165, 1.54) is 16.4 Å². The predicted molar refractivity (Wildman–Crippen MR) is 144 cm³/mol. The van der Waals surface area contributed by atoms with Gasteiger partial charge in [0, 0.05) is 42.7 Å². The standard InChI is InChI=1S/C29H28ClF3N2O2S/c1-19-23(8-7-10-25(19)30)21-12-14-22(15-13-21)28-20(2)35-17-6-5-16-34(18-26(28)35)38(36,37)27-11-4-3-9-24(27)29(31,32)33/h3-15,20,26,28H,16-18H2,1-2H3/b6-5-/t20-,26?,28?/m1/s1. The molecule has 2 aliphatic heterocycles. The smallest absolute Gasteiger partial charge is 0.291 e. The van der Waals surface area contributed by atoms with Gasteiger partial charge in [0.15, 0.2) is 0 Å². The normalized spacial score (nSPS) is 23.7. The summed E-state index contributed by atoms with van der Waals surface area (Å²) in [5.74, 6) is 0.0339. The third-order valence-corrected chi connectivity index (χ3v) is 10.0. The molecule has 0 radical (unpaired) electrons. The van der Waals surface area contributed by atoms with E-state index in [9.17, 15) is 21.6 Å². The fourth-order valence-electron chi connectivity index (χ4n) is 5.69. The number of alkyl halides is 3. The third-order valence-electron chi connectivity index (χ3n) is 7.75. The van der Waals surface area contributed by atoms with Gasteiger partial charge in [-0.15, -0.1) is 0 Å². The molecule has 5 rings (SSSR count). The first-order chi connectivity index (χ1) is 18.0. The van der Waals surface area contributed by atoms with Crippen molar-refractivity contribution in [3.05, 3.63) is 101 Å². The Kier molecular flexibility index (Phi) is 7.20. The summed E-state index contributed by atoms with van der Waals surface area (Å²) in [5.41, 5.74) is 3.00. The fourth-order valence-corrected chi connectivity index (χ4v) is 7.49. The monoisotopic (exact) mass is 560 g/mol. The van der Waals surface area contributed by atoms with E-state index in [4.69, 9.17) is 11.6 Å². The molecule has 0 aromatic heterocycles. The van der Waals surface area contributed by atoms with Crippen molar-refractivity contribution in [3.8, 4) is 11.1 Å². The van der Waals surface area contributed by atoms with Crippen molar-refractivity contribution in [1.29, 1.82) is 0 Å². The van der Waals surface area contributed by atoms with Crippen molar-refractivity contribution in [1.82, 2.24) is 9.21 Å². The molecule has 2 heterocycles. The van der Waals surface area contributed by atoms with Crippen molar-refractivity contribution in [2.45, 2.75) is 42.9 Å². The zero-order chi connectivity index (χ0) is 27.2. The summed E-state index contributed by atoms with van der Waals surface area (Å²) in [4.78, 5) is 1.49. The first kappa shape index (κ1) is 26.9. The van der Waals surface area contributed by atoms with Gasteiger partial charge in [0.25, 0.3) is 0 Å². The highest BCUT2D eigenvalue weighted by Crippen LogP contribution is 2.43. The van der Waals surface area contributed by atoms with E-state index in [0.717, 1.165) is 34.4 Å². The highest BCUT2D eigenvalue weighted by molar-refractivity contribution is 7.89. The lowest BCUT2D eigenvalue weighted by Crippen LogP contribution is -2.65. The van der Waals surface area contributed by atoms with Gasteiger partial charge in [-0.1, -0.05) is 72.3 Å². The van der Waals surface area contributed by atoms with E-state index in [1.807, 2.05) is 43.3 Å². The van der Waals surface area contributed by atoms with Gasteiger partial charge in [-0.2, -0.15) is 17.5 Å². The summed E-state index contributed by atoms with van der Waals surface area (Å²) in [7, 11) is -4.39. The van der Waals surface area contributed by atoms with Crippen molar-refractivity contribution in [2.24, 2.45) is 0 Å². The maximum atomic E-state index is 13.7. The Labute approximate surface area is 226 Å². The number of hydrogen-bond donors (Lipinski definition) is 0. The van der Waals surface area contributed by atoms with Crippen LogP contribution in [0, 0.1) is 6.92 Å². The molecule has 2 aliphatic rings. The molecule has 0 aliphatic carbocycles. The fraction of sp³-hybridized carbons (Fsp3) is 0.310. The average Bonchev–Trinajstić information content (AvgIpc) is 2.87. The molecular weight excluding hydrogens is 533 g/mol. The van der Waals surface area contributed by atoms with E-state index >= 15 is 0 Å². The van der Waals surface area contributed by atoms with Gasteiger partial charge in [0.2, 0.25) is 10.0 Å². The molecule has 3 aromatic carbocycles. The van der Waals surface area contributed by atoms with Crippen LogP contribution < -0.4 is 0 Å². The summed E-state index contributed by atoms with van der Waals surface area (Å²) in [6, 6.07) is 18.4. The second kappa shape index (κ2) is 10.2. The molecule has 3 atom stereocenters. The zero-order valence-corrected chi connectivity index (χ0v) is 22.6. The topological polar surface area (TPSA) is 40.6 Å². The Morgan fingerprint density at radius 2 is 1.61 bits per heavy atom. The van der Waals surface area contributed by atoms with Gasteiger partial charge in [-0.05, 0) is 54.3 Å². The highest BCUT2D eigenvalue weighted by atomic mass is 35.5. The molecule has 9 heteroatoms. The molecule has 38 heavy (non-hydrogen) atoms. The summed E-state index contributed by atoms with van der Waals surface area (Å²) in [5, 5.41) is 0.700. The van der Waals surface area contributed by atoms with Crippen LogP contribution in [0.4, 0.5) is 13.2 Å². The summed E-state index contributed by atoms with van der Waals surface area (Å²) >= 11 is 6.30. The lowest BCUT2D eigenvalue weighted by molar-refractivity contribution is -0.139. The van der Waals surface area contributed by atoms with Crippen LogP contribution in [0.25, 0.3) is 11.1 Å². The number of halogens is 4. The minimum atomic E-state index is -4.77. The van der Waals surface area contributed by atoms with Crippen LogP contribution in [-0.2, 0) is 16.2 Å². The minimum Gasteiger partial charge on any atom is -0.291 e. The quantitative estimate of drug-likeness (QED) is 0.331. The van der Waals surface area contributed by atoms with E-state index in [1.54, 1.807) is 6.08 Å². The van der Waals surface area contributed by atoms with Crippen molar-refractivity contribution in [3.63, 3.8) is 0 Å². The molecule has 1 saturated heterocycles. The largest absolute Gasteiger partial charge is 0.417 e. The SMILES string of the molecule is Cc1c(Cl)cccc1-c1ccc(C2C3CN(S(=O)(=O)c4ccccc4C(F)(F)F)C/C=C\CN3[C@@H]2C)cc1. The first-order valence-corrected chi connectivity index (χ1v) is 14.2. The second-order valence-corrected chi connectivity index (χ2v) is 12.2. The highest BCUT2D eigenvalue weighted by Gasteiger charge is 2.48. The van der Waals surface area contributed by atoms with E-state index in [2.05, 4.69) is 24.0 Å². The van der Waals surface area contributed by atoms with Crippen molar-refractivity contribution < 1.29 is 21.6 Å². The van der Waals surface area contributed by atoms with Crippen LogP contribution in [0.15, 0.2) is 83.8 Å². The third kappa shape index (κ3) is 4.79. The minimum absolute atomic E-state index is 0.0208. The van der Waals surface area contributed by atoms with Gasteiger partial charge < -0.3 is 0 Å². The van der Waals surface area contributed by atoms with E-state index < -0.39 is 26.7 Å². The maximum Gasteiger partial charge on any atom is 0.417 e. The molecule has 2 unspecified atom stereocenters. The summed E-state index contributed by atoms with van der Waals surface area (Å²) in [6.45, 7) is 4.86. The number of hydrogen-bond acceptors (Lipinski definition) is 3. The summed E-state index contributed by atoms with van der Waals surface area (Å²) < 4.78 is 69.3. The van der Waals surface area contributed by atoms with Crippen LogP contribution in [0.3, 0.4) is 0 Å². The molecular formula is C29H28ClF3N2O2S. The van der Waals surface area contributed by atoms with Crippen LogP contribution in [0.1, 0.15) is 29.5 Å². The Morgan fingerprint density at radius 3 is 2.32 bits per heavy atom. The van der Waals surface area contributed by atoms with Crippen LogP contribution >= 0.6 is 11.6 Å². The van der Waals surface area contributed by atoms with Gasteiger partial charge in [-0.3, -0.25) is 4.90 Å². The van der Waals surface area contributed by atoms with Crippen LogP contribution in [-0.4, -0.2) is 49.3 Å². The zero-order valence-electron chi connectivity index (χ0n) is 21.0. The summed E-state index contributed by atoms with van der Waals surface area (Å²) in [6.07, 6.45) is -1.17. The van der Waals surface area contributed by atoms with Crippen molar-refractivity contribution >= 4 is 21.6 Å². The van der Waals surface area contributed by atoms with Crippen LogP contribution in [0.2, 0.25) is 5.02 Å². The second-order valence-electron chi connectivity index (χ2n) is 9.85. The van der Waals surface area contributed by atoms with Gasteiger partial charge in [0.05, 0.1) is 10.5 Å². The van der Waals surface area contributed by atoms with Crippen molar-refractivity contribution in [2.75, 3.05) is 19.6 Å². The van der Waals surface area contributed by atoms with Crippen LogP contribution in [0.5, 0.6) is 0 Å². The number of nitrogens with zero attached hydrogens (tertiary/aromatic N) is 2. The Hall–Kier alpha value is -2.65. The molecule has 4 nitrogen and oxygen atoms in total. The Bertz CT molecular complexity index is 1470. The first-order valence-electron chi connectivity index (χ1n) is 12.4.